The average Bonchev–Trinajstić information content (AvgIpc) is 3.22. The highest BCUT2D eigenvalue weighted by Crippen LogP contribution is 2.34. The van der Waals surface area contributed by atoms with Crippen LogP contribution in [0.5, 0.6) is 17.2 Å². The van der Waals surface area contributed by atoms with Gasteiger partial charge in [-0.25, -0.2) is 4.98 Å². The zero-order chi connectivity index (χ0) is 20.2. The van der Waals surface area contributed by atoms with E-state index in [9.17, 15) is 4.79 Å². The number of rotatable bonds is 7. The number of aromatic nitrogens is 1. The summed E-state index contributed by atoms with van der Waals surface area (Å²) in [4.78, 5) is 16.2. The molecule has 2 aromatic carbocycles. The predicted molar refractivity (Wildman–Crippen MR) is 121 cm³/mol. The molecule has 158 valence electrons. The van der Waals surface area contributed by atoms with Crippen LogP contribution in [0.15, 0.2) is 41.8 Å². The predicted octanol–water partition coefficient (Wildman–Crippen LogP) is 4.23. The molecule has 0 aliphatic carbocycles. The first-order valence-corrected chi connectivity index (χ1v) is 10.0. The molecule has 1 aromatic heterocycles. The smallest absolute Gasteiger partial charge is 0.262 e. The van der Waals surface area contributed by atoms with Crippen molar-refractivity contribution >= 4 is 40.5 Å². The number of ether oxygens (including phenoxy) is 3. The normalized spacial score (nSPS) is 12.1. The van der Waals surface area contributed by atoms with E-state index in [-0.39, 0.29) is 24.9 Å². The molecule has 0 spiro atoms. The number of halogens is 1. The van der Waals surface area contributed by atoms with E-state index in [0.29, 0.717) is 11.4 Å². The highest BCUT2D eigenvalue weighted by molar-refractivity contribution is 7.14. The monoisotopic (exact) mass is 447 g/mol. The van der Waals surface area contributed by atoms with Gasteiger partial charge in [-0.05, 0) is 42.3 Å². The summed E-state index contributed by atoms with van der Waals surface area (Å²) in [6.07, 6.45) is 0.831. The number of nitrogens with one attached hydrogen (secondary N) is 2. The van der Waals surface area contributed by atoms with Gasteiger partial charge in [-0.2, -0.15) is 0 Å². The van der Waals surface area contributed by atoms with Crippen LogP contribution in [0.25, 0.3) is 11.3 Å². The topological polar surface area (TPSA) is 81.7 Å². The minimum Gasteiger partial charge on any atom is -0.493 e. The quantitative estimate of drug-likeness (QED) is 0.564. The molecule has 1 amide bonds. The molecule has 0 saturated heterocycles. The van der Waals surface area contributed by atoms with E-state index >= 15 is 0 Å². The zero-order valence-electron chi connectivity index (χ0n) is 16.6. The molecule has 1 aliphatic rings. The molecule has 0 fully saturated rings. The Labute approximate surface area is 184 Å². The van der Waals surface area contributed by atoms with Crippen molar-refractivity contribution in [1.82, 2.24) is 4.98 Å². The van der Waals surface area contributed by atoms with Crippen LogP contribution in [-0.2, 0) is 11.2 Å². The lowest BCUT2D eigenvalue weighted by atomic mass is 10.1. The van der Waals surface area contributed by atoms with Gasteiger partial charge in [0.05, 0.1) is 25.6 Å². The van der Waals surface area contributed by atoms with Crippen molar-refractivity contribution in [2.75, 3.05) is 38.0 Å². The fourth-order valence-electron chi connectivity index (χ4n) is 3.08. The van der Waals surface area contributed by atoms with Gasteiger partial charge in [-0.15, -0.1) is 23.7 Å². The summed E-state index contributed by atoms with van der Waals surface area (Å²) in [7, 11) is 3.26. The van der Waals surface area contributed by atoms with Crippen LogP contribution in [0.4, 0.5) is 10.8 Å². The van der Waals surface area contributed by atoms with Crippen LogP contribution in [-0.4, -0.2) is 38.3 Å². The largest absolute Gasteiger partial charge is 0.493 e. The Bertz CT molecular complexity index is 1040. The van der Waals surface area contributed by atoms with E-state index < -0.39 is 0 Å². The molecule has 0 radical (unpaired) electrons. The summed E-state index contributed by atoms with van der Waals surface area (Å²) in [5.41, 5.74) is 3.61. The molecule has 0 bridgehead atoms. The van der Waals surface area contributed by atoms with Crippen molar-refractivity contribution in [2.24, 2.45) is 0 Å². The first-order valence-electron chi connectivity index (χ1n) is 9.13. The van der Waals surface area contributed by atoms with Gasteiger partial charge in [0.25, 0.3) is 5.91 Å². The molecular weight excluding hydrogens is 426 g/mol. The molecule has 2 N–H and O–H groups in total. The number of hydrogen-bond acceptors (Lipinski definition) is 7. The molecule has 4 rings (SSSR count). The van der Waals surface area contributed by atoms with Crippen molar-refractivity contribution < 1.29 is 19.0 Å². The number of nitrogens with zero attached hydrogens (tertiary/aromatic N) is 1. The third-order valence-corrected chi connectivity index (χ3v) is 5.35. The van der Waals surface area contributed by atoms with Crippen LogP contribution in [0.3, 0.4) is 0 Å². The molecule has 3 aromatic rings. The van der Waals surface area contributed by atoms with E-state index in [2.05, 4.69) is 15.6 Å². The number of anilines is 2. The van der Waals surface area contributed by atoms with Gasteiger partial charge in [0, 0.05) is 17.5 Å². The minimum atomic E-state index is -0.148. The highest BCUT2D eigenvalue weighted by atomic mass is 35.5. The third-order valence-electron chi connectivity index (χ3n) is 4.55. The molecule has 0 unspecified atom stereocenters. The zero-order valence-corrected chi connectivity index (χ0v) is 18.2. The lowest BCUT2D eigenvalue weighted by Gasteiger charge is -2.18. The average molecular weight is 448 g/mol. The van der Waals surface area contributed by atoms with Gasteiger partial charge in [0.2, 0.25) is 0 Å². The summed E-state index contributed by atoms with van der Waals surface area (Å²) >= 11 is 1.55. The van der Waals surface area contributed by atoms with Gasteiger partial charge in [0.1, 0.15) is 5.75 Å². The number of carbonyl (C=O) groups is 1. The molecule has 0 saturated carbocycles. The van der Waals surface area contributed by atoms with Crippen LogP contribution in [0, 0.1) is 0 Å². The first-order chi connectivity index (χ1) is 14.2. The Morgan fingerprint density at radius 1 is 1.17 bits per heavy atom. The maximum absolute atomic E-state index is 11.5. The second-order valence-electron chi connectivity index (χ2n) is 6.45. The van der Waals surface area contributed by atoms with E-state index in [4.69, 9.17) is 14.2 Å². The summed E-state index contributed by atoms with van der Waals surface area (Å²) in [6, 6.07) is 11.6. The Balaban J connectivity index is 0.00000256. The van der Waals surface area contributed by atoms with Crippen molar-refractivity contribution in [3.8, 4) is 28.5 Å². The Hall–Kier alpha value is -2.97. The van der Waals surface area contributed by atoms with Crippen LogP contribution >= 0.6 is 23.7 Å². The molecule has 7 nitrogen and oxygen atoms in total. The van der Waals surface area contributed by atoms with Gasteiger partial charge in [-0.3, -0.25) is 4.79 Å². The number of thiazole rings is 1. The maximum atomic E-state index is 11.5. The second-order valence-corrected chi connectivity index (χ2v) is 7.31. The number of carbonyl (C=O) groups excluding carboxylic acids is 1. The van der Waals surface area contributed by atoms with Gasteiger partial charge in [0.15, 0.2) is 23.2 Å². The second kappa shape index (κ2) is 9.69. The Kier molecular flexibility index (Phi) is 7.02. The lowest BCUT2D eigenvalue weighted by Crippen LogP contribution is -2.25. The van der Waals surface area contributed by atoms with Gasteiger partial charge >= 0.3 is 0 Å². The van der Waals surface area contributed by atoms with E-state index in [1.807, 2.05) is 41.8 Å². The fraction of sp³-hybridized carbons (Fsp3) is 0.238. The van der Waals surface area contributed by atoms with Crippen molar-refractivity contribution in [3.63, 3.8) is 0 Å². The molecule has 9 heteroatoms. The van der Waals surface area contributed by atoms with E-state index in [1.54, 1.807) is 25.6 Å². The third kappa shape index (κ3) is 4.77. The molecule has 30 heavy (non-hydrogen) atoms. The number of amides is 1. The number of benzene rings is 2. The van der Waals surface area contributed by atoms with Crippen LogP contribution < -0.4 is 24.8 Å². The molecular formula is C21H22ClN3O4S. The Morgan fingerprint density at radius 3 is 2.80 bits per heavy atom. The van der Waals surface area contributed by atoms with E-state index in [1.165, 1.54) is 0 Å². The van der Waals surface area contributed by atoms with Gasteiger partial charge < -0.3 is 24.8 Å². The summed E-state index contributed by atoms with van der Waals surface area (Å²) in [5.74, 6) is 1.98. The Morgan fingerprint density at radius 2 is 2.00 bits per heavy atom. The lowest BCUT2D eigenvalue weighted by molar-refractivity contribution is -0.118. The van der Waals surface area contributed by atoms with Crippen molar-refractivity contribution in [3.05, 3.63) is 47.3 Å². The van der Waals surface area contributed by atoms with Crippen molar-refractivity contribution in [2.45, 2.75) is 6.42 Å². The first kappa shape index (κ1) is 21.7. The molecule has 2 heterocycles. The van der Waals surface area contributed by atoms with Gasteiger partial charge in [-0.1, -0.05) is 6.07 Å². The fourth-order valence-corrected chi connectivity index (χ4v) is 3.83. The number of methoxy groups -OCH3 is 2. The maximum Gasteiger partial charge on any atom is 0.262 e. The van der Waals surface area contributed by atoms with Crippen LogP contribution in [0.1, 0.15) is 5.56 Å². The molecule has 1 aliphatic heterocycles. The number of hydrogen-bond donors (Lipinski definition) is 2. The SMILES string of the molecule is COc1ccc(CCNc2nc(-c3ccc4c(c3)NC(=O)CO4)cs2)cc1OC.Cl. The minimum absolute atomic E-state index is 0. The number of fused-ring (bicyclic) bond motifs is 1. The van der Waals surface area contributed by atoms with E-state index in [0.717, 1.165) is 46.4 Å². The summed E-state index contributed by atoms with van der Waals surface area (Å²) in [5, 5.41) is 9.02. The standard InChI is InChI=1S/C21H21N3O4S.ClH/c1-26-18-5-3-13(9-19(18)27-2)7-8-22-21-24-16(12-29-21)14-4-6-17-15(10-14)23-20(25)11-28-17;/h3-6,9-10,12H,7-8,11H2,1-2H3,(H,22,24)(H,23,25);1H. The highest BCUT2D eigenvalue weighted by Gasteiger charge is 2.17. The van der Waals surface area contributed by atoms with Crippen LogP contribution in [0.2, 0.25) is 0 Å². The summed E-state index contributed by atoms with van der Waals surface area (Å²) < 4.78 is 16.0. The summed E-state index contributed by atoms with van der Waals surface area (Å²) in [6.45, 7) is 0.799. The molecule has 0 atom stereocenters. The van der Waals surface area contributed by atoms with Crippen molar-refractivity contribution in [1.29, 1.82) is 0 Å².